The molecule has 1 aromatic heterocycles. The van der Waals surface area contributed by atoms with Crippen molar-refractivity contribution in [2.75, 3.05) is 12.0 Å². The molecule has 0 amide bonds. The first-order valence-corrected chi connectivity index (χ1v) is 6.21. The molecule has 5 heteroatoms. The van der Waals surface area contributed by atoms with E-state index >= 15 is 0 Å². The molecule has 1 heterocycles. The summed E-state index contributed by atoms with van der Waals surface area (Å²) in [5.74, 6) is 0. The van der Waals surface area contributed by atoms with Crippen molar-refractivity contribution in [1.29, 1.82) is 0 Å². The number of nitrogen functional groups attached to an aromatic ring is 1. The predicted octanol–water partition coefficient (Wildman–Crippen LogP) is 1.22. The van der Waals surface area contributed by atoms with Gasteiger partial charge in [0.2, 0.25) is 0 Å². The summed E-state index contributed by atoms with van der Waals surface area (Å²) < 4.78 is 22.8. The lowest BCUT2D eigenvalue weighted by Crippen LogP contribution is -2.02. The minimum Gasteiger partial charge on any atom is -0.397 e. The van der Waals surface area contributed by atoms with Crippen LogP contribution >= 0.6 is 0 Å². The Bertz CT molecular complexity index is 620. The minimum absolute atomic E-state index is 0.168. The van der Waals surface area contributed by atoms with Crippen molar-refractivity contribution in [3.8, 4) is 0 Å². The van der Waals surface area contributed by atoms with Crippen LogP contribution in [-0.4, -0.2) is 19.7 Å². The van der Waals surface area contributed by atoms with Crippen molar-refractivity contribution in [2.45, 2.75) is 4.90 Å². The van der Waals surface area contributed by atoms with Crippen LogP contribution in [0.25, 0.3) is 10.8 Å². The molecule has 0 aliphatic carbocycles. The second kappa shape index (κ2) is 3.20. The number of sulfone groups is 1. The molecular formula is C10H10N2O2S. The summed E-state index contributed by atoms with van der Waals surface area (Å²) in [5, 5.41) is 1.55. The summed E-state index contributed by atoms with van der Waals surface area (Å²) in [6, 6.07) is 4.92. The van der Waals surface area contributed by atoms with Gasteiger partial charge < -0.3 is 5.73 Å². The Labute approximate surface area is 87.7 Å². The second-order valence-corrected chi connectivity index (χ2v) is 5.33. The number of rotatable bonds is 1. The number of fused-ring (bicyclic) bond motifs is 1. The average Bonchev–Trinajstić information content (AvgIpc) is 2.16. The van der Waals surface area contributed by atoms with Gasteiger partial charge in [-0.05, 0) is 12.1 Å². The normalized spacial score (nSPS) is 11.8. The number of pyridine rings is 1. The molecule has 2 aromatic rings. The van der Waals surface area contributed by atoms with Gasteiger partial charge in [0.15, 0.2) is 9.84 Å². The maximum atomic E-state index is 11.4. The summed E-state index contributed by atoms with van der Waals surface area (Å²) in [6.07, 6.45) is 4.38. The van der Waals surface area contributed by atoms with Gasteiger partial charge in [0.1, 0.15) is 0 Å². The van der Waals surface area contributed by atoms with Crippen LogP contribution in [0.1, 0.15) is 0 Å². The quantitative estimate of drug-likeness (QED) is 0.736. The molecule has 0 radical (unpaired) electrons. The molecule has 0 aliphatic rings. The topological polar surface area (TPSA) is 73.0 Å². The number of nitrogens with zero attached hydrogens (tertiary/aromatic N) is 1. The minimum atomic E-state index is -3.27. The van der Waals surface area contributed by atoms with Crippen LogP contribution < -0.4 is 5.73 Å². The maximum absolute atomic E-state index is 11.4. The van der Waals surface area contributed by atoms with E-state index in [-0.39, 0.29) is 10.6 Å². The van der Waals surface area contributed by atoms with E-state index in [9.17, 15) is 8.42 Å². The van der Waals surface area contributed by atoms with Crippen LogP contribution in [0.15, 0.2) is 35.5 Å². The highest BCUT2D eigenvalue weighted by Crippen LogP contribution is 2.27. The van der Waals surface area contributed by atoms with Gasteiger partial charge >= 0.3 is 0 Å². The molecule has 0 atom stereocenters. The largest absolute Gasteiger partial charge is 0.397 e. The number of anilines is 1. The molecule has 0 saturated carbocycles. The Kier molecular flexibility index (Phi) is 2.12. The fraction of sp³-hybridized carbons (Fsp3) is 0.100. The van der Waals surface area contributed by atoms with Crippen LogP contribution in [0.5, 0.6) is 0 Å². The van der Waals surface area contributed by atoms with Gasteiger partial charge in [0, 0.05) is 29.4 Å². The lowest BCUT2D eigenvalue weighted by atomic mass is 10.1. The molecule has 2 rings (SSSR count). The molecule has 0 bridgehead atoms. The van der Waals surface area contributed by atoms with E-state index in [0.717, 1.165) is 11.6 Å². The molecule has 0 aliphatic heterocycles. The summed E-state index contributed by atoms with van der Waals surface area (Å²) in [5.41, 5.74) is 6.09. The molecule has 0 saturated heterocycles. The number of aromatic nitrogens is 1. The number of hydrogen-bond acceptors (Lipinski definition) is 4. The Morgan fingerprint density at radius 1 is 1.27 bits per heavy atom. The van der Waals surface area contributed by atoms with E-state index < -0.39 is 9.84 Å². The zero-order valence-corrected chi connectivity index (χ0v) is 8.95. The third-order valence-corrected chi connectivity index (χ3v) is 3.38. The first-order chi connectivity index (χ1) is 7.00. The zero-order valence-electron chi connectivity index (χ0n) is 8.14. The van der Waals surface area contributed by atoms with E-state index in [0.29, 0.717) is 5.39 Å². The van der Waals surface area contributed by atoms with E-state index in [4.69, 9.17) is 5.73 Å². The van der Waals surface area contributed by atoms with Crippen molar-refractivity contribution in [1.82, 2.24) is 4.98 Å². The van der Waals surface area contributed by atoms with Crippen molar-refractivity contribution in [2.24, 2.45) is 0 Å². The van der Waals surface area contributed by atoms with Crippen LogP contribution in [0.2, 0.25) is 0 Å². The van der Waals surface area contributed by atoms with E-state index in [1.165, 1.54) is 6.07 Å². The molecule has 0 spiro atoms. The average molecular weight is 222 g/mol. The fourth-order valence-electron chi connectivity index (χ4n) is 1.50. The van der Waals surface area contributed by atoms with Gasteiger partial charge in [0.25, 0.3) is 0 Å². The molecule has 0 unspecified atom stereocenters. The van der Waals surface area contributed by atoms with Crippen LogP contribution in [0.4, 0.5) is 5.69 Å². The van der Waals surface area contributed by atoms with Gasteiger partial charge in [-0.3, -0.25) is 4.98 Å². The SMILES string of the molecule is CS(=O)(=O)c1ccc2cnccc2c1N. The van der Waals surface area contributed by atoms with E-state index in [1.807, 2.05) is 0 Å². The molecule has 2 N–H and O–H groups in total. The molecule has 78 valence electrons. The molecule has 1 aromatic carbocycles. The van der Waals surface area contributed by atoms with E-state index in [2.05, 4.69) is 4.98 Å². The standard InChI is InChI=1S/C10H10N2O2S/c1-15(13,14)9-3-2-7-6-12-5-4-8(7)10(9)11/h2-6H,11H2,1H3. The second-order valence-electron chi connectivity index (χ2n) is 3.35. The van der Waals surface area contributed by atoms with Gasteiger partial charge in [-0.2, -0.15) is 0 Å². The van der Waals surface area contributed by atoms with Gasteiger partial charge in [-0.1, -0.05) is 6.07 Å². The lowest BCUT2D eigenvalue weighted by molar-refractivity contribution is 0.602. The number of nitrogens with two attached hydrogens (primary N) is 1. The van der Waals surface area contributed by atoms with E-state index in [1.54, 1.807) is 24.5 Å². The monoisotopic (exact) mass is 222 g/mol. The lowest BCUT2D eigenvalue weighted by Gasteiger charge is -2.06. The molecular weight excluding hydrogens is 212 g/mol. The number of benzene rings is 1. The fourth-order valence-corrected chi connectivity index (χ4v) is 2.32. The van der Waals surface area contributed by atoms with Gasteiger partial charge in [-0.15, -0.1) is 0 Å². The summed E-state index contributed by atoms with van der Waals surface area (Å²) in [7, 11) is -3.27. The predicted molar refractivity (Wildman–Crippen MR) is 59.3 cm³/mol. The third kappa shape index (κ3) is 1.66. The summed E-state index contributed by atoms with van der Waals surface area (Å²) in [6.45, 7) is 0. The number of hydrogen-bond donors (Lipinski definition) is 1. The van der Waals surface area contributed by atoms with Gasteiger partial charge in [0.05, 0.1) is 10.6 Å². The van der Waals surface area contributed by atoms with Crippen molar-refractivity contribution < 1.29 is 8.42 Å². The first kappa shape index (κ1) is 9.92. The highest BCUT2D eigenvalue weighted by atomic mass is 32.2. The Morgan fingerprint density at radius 2 is 2.00 bits per heavy atom. The third-order valence-electron chi connectivity index (χ3n) is 2.22. The Morgan fingerprint density at radius 3 is 2.67 bits per heavy atom. The van der Waals surface area contributed by atoms with Crippen LogP contribution in [0.3, 0.4) is 0 Å². The van der Waals surface area contributed by atoms with Crippen LogP contribution in [-0.2, 0) is 9.84 Å². The van der Waals surface area contributed by atoms with Gasteiger partial charge in [-0.25, -0.2) is 8.42 Å². The summed E-state index contributed by atoms with van der Waals surface area (Å²) >= 11 is 0. The maximum Gasteiger partial charge on any atom is 0.177 e. The zero-order chi connectivity index (χ0) is 11.1. The van der Waals surface area contributed by atoms with Crippen molar-refractivity contribution >= 4 is 26.3 Å². The molecule has 0 fully saturated rings. The van der Waals surface area contributed by atoms with Crippen molar-refractivity contribution in [3.05, 3.63) is 30.6 Å². The van der Waals surface area contributed by atoms with Crippen LogP contribution in [0, 0.1) is 0 Å². The smallest absolute Gasteiger partial charge is 0.177 e. The molecule has 15 heavy (non-hydrogen) atoms. The highest BCUT2D eigenvalue weighted by molar-refractivity contribution is 7.90. The Balaban J connectivity index is 2.88. The first-order valence-electron chi connectivity index (χ1n) is 4.32. The molecule has 4 nitrogen and oxygen atoms in total. The summed E-state index contributed by atoms with van der Waals surface area (Å²) in [4.78, 5) is 4.11. The van der Waals surface area contributed by atoms with Crippen molar-refractivity contribution in [3.63, 3.8) is 0 Å². The highest BCUT2D eigenvalue weighted by Gasteiger charge is 2.13. The Hall–Kier alpha value is -1.62.